The zero-order valence-corrected chi connectivity index (χ0v) is 17.7. The van der Waals surface area contributed by atoms with Crippen molar-refractivity contribution in [1.29, 1.82) is 0 Å². The molecule has 2 amide bonds. The smallest absolute Gasteiger partial charge is 0.251 e. The molecule has 4 rings (SSSR count). The van der Waals surface area contributed by atoms with Crippen LogP contribution in [0.2, 0.25) is 0 Å². The standard InChI is InChI=1S/C23H18BrN3O3/c1-14-11-17(24)8-10-19(14)26-21(28)13-25-23(29)16-7-9-20-18(12-16)22(30-27-20)15-5-3-2-4-6-15/h2-12H,13H2,1H3,(H,25,29)(H,26,28). The summed E-state index contributed by atoms with van der Waals surface area (Å²) in [7, 11) is 0. The number of hydrogen-bond donors (Lipinski definition) is 2. The first kappa shape index (κ1) is 19.8. The molecule has 0 aliphatic heterocycles. The first-order chi connectivity index (χ1) is 14.5. The summed E-state index contributed by atoms with van der Waals surface area (Å²) in [5.41, 5.74) is 3.59. The van der Waals surface area contributed by atoms with Crippen molar-refractivity contribution >= 4 is 44.3 Å². The van der Waals surface area contributed by atoms with E-state index in [1.807, 2.05) is 55.5 Å². The summed E-state index contributed by atoms with van der Waals surface area (Å²) >= 11 is 3.39. The minimum atomic E-state index is -0.347. The number of halogens is 1. The minimum Gasteiger partial charge on any atom is -0.355 e. The Hall–Kier alpha value is -3.45. The number of rotatable bonds is 5. The Balaban J connectivity index is 1.46. The van der Waals surface area contributed by atoms with E-state index < -0.39 is 0 Å². The second-order valence-corrected chi connectivity index (χ2v) is 7.72. The lowest BCUT2D eigenvalue weighted by Gasteiger charge is -2.10. The zero-order valence-electron chi connectivity index (χ0n) is 16.1. The van der Waals surface area contributed by atoms with E-state index in [0.717, 1.165) is 21.0 Å². The number of hydrogen-bond acceptors (Lipinski definition) is 4. The molecule has 0 unspecified atom stereocenters. The first-order valence-corrected chi connectivity index (χ1v) is 10.1. The lowest BCUT2D eigenvalue weighted by Crippen LogP contribution is -2.33. The molecule has 0 atom stereocenters. The van der Waals surface area contributed by atoms with Gasteiger partial charge in [-0.2, -0.15) is 0 Å². The fourth-order valence-corrected chi connectivity index (χ4v) is 3.58. The van der Waals surface area contributed by atoms with Crippen LogP contribution in [-0.4, -0.2) is 23.5 Å². The average Bonchev–Trinajstić information content (AvgIpc) is 3.18. The van der Waals surface area contributed by atoms with Crippen LogP contribution < -0.4 is 10.6 Å². The van der Waals surface area contributed by atoms with Crippen molar-refractivity contribution in [3.8, 4) is 11.3 Å². The van der Waals surface area contributed by atoms with E-state index in [4.69, 9.17) is 4.52 Å². The maximum absolute atomic E-state index is 12.6. The fourth-order valence-electron chi connectivity index (χ4n) is 3.10. The van der Waals surface area contributed by atoms with Crippen molar-refractivity contribution in [3.63, 3.8) is 0 Å². The Bertz CT molecular complexity index is 1240. The molecule has 0 spiro atoms. The minimum absolute atomic E-state index is 0.137. The second kappa shape index (κ2) is 8.51. The molecule has 0 saturated carbocycles. The lowest BCUT2D eigenvalue weighted by atomic mass is 10.1. The van der Waals surface area contributed by atoms with Crippen LogP contribution in [0.25, 0.3) is 22.2 Å². The second-order valence-electron chi connectivity index (χ2n) is 6.80. The van der Waals surface area contributed by atoms with Gasteiger partial charge in [-0.3, -0.25) is 9.59 Å². The Morgan fingerprint density at radius 2 is 1.83 bits per heavy atom. The maximum atomic E-state index is 12.6. The number of aryl methyl sites for hydroxylation is 1. The molecule has 3 aromatic carbocycles. The maximum Gasteiger partial charge on any atom is 0.251 e. The topological polar surface area (TPSA) is 84.2 Å². The molecule has 30 heavy (non-hydrogen) atoms. The molecule has 6 nitrogen and oxygen atoms in total. The van der Waals surface area contributed by atoms with Crippen LogP contribution >= 0.6 is 15.9 Å². The number of amides is 2. The normalized spacial score (nSPS) is 10.7. The Morgan fingerprint density at radius 1 is 1.03 bits per heavy atom. The highest BCUT2D eigenvalue weighted by Gasteiger charge is 2.15. The third-order valence-electron chi connectivity index (χ3n) is 4.65. The lowest BCUT2D eigenvalue weighted by molar-refractivity contribution is -0.115. The van der Waals surface area contributed by atoms with Gasteiger partial charge in [0.05, 0.1) is 11.9 Å². The van der Waals surface area contributed by atoms with Gasteiger partial charge in [0.15, 0.2) is 5.76 Å². The summed E-state index contributed by atoms with van der Waals surface area (Å²) < 4.78 is 6.41. The Labute approximate surface area is 181 Å². The molecule has 4 aromatic rings. The predicted octanol–water partition coefficient (Wildman–Crippen LogP) is 4.93. The number of carbonyl (C=O) groups is 2. The van der Waals surface area contributed by atoms with E-state index >= 15 is 0 Å². The molecule has 0 bridgehead atoms. The van der Waals surface area contributed by atoms with Gasteiger partial charge in [0.25, 0.3) is 5.91 Å². The third-order valence-corrected chi connectivity index (χ3v) is 5.14. The van der Waals surface area contributed by atoms with Gasteiger partial charge in [-0.05, 0) is 48.9 Å². The highest BCUT2D eigenvalue weighted by atomic mass is 79.9. The number of anilines is 1. The van der Waals surface area contributed by atoms with Crippen molar-refractivity contribution in [2.45, 2.75) is 6.92 Å². The highest BCUT2D eigenvalue weighted by Crippen LogP contribution is 2.29. The number of carbonyl (C=O) groups excluding carboxylic acids is 2. The van der Waals surface area contributed by atoms with Crippen LogP contribution in [0.3, 0.4) is 0 Å². The molecular formula is C23H18BrN3O3. The molecule has 2 N–H and O–H groups in total. The fraction of sp³-hybridized carbons (Fsp3) is 0.0870. The number of benzene rings is 3. The van der Waals surface area contributed by atoms with E-state index in [2.05, 4.69) is 31.7 Å². The van der Waals surface area contributed by atoms with Crippen LogP contribution in [0.5, 0.6) is 0 Å². The largest absolute Gasteiger partial charge is 0.355 e. The van der Waals surface area contributed by atoms with Crippen LogP contribution in [0.4, 0.5) is 5.69 Å². The van der Waals surface area contributed by atoms with E-state index in [1.54, 1.807) is 18.2 Å². The molecule has 0 aliphatic rings. The first-order valence-electron chi connectivity index (χ1n) is 9.30. The molecule has 0 aliphatic carbocycles. The van der Waals surface area contributed by atoms with Gasteiger partial charge < -0.3 is 15.2 Å². The molecule has 0 saturated heterocycles. The monoisotopic (exact) mass is 463 g/mol. The molecule has 1 aromatic heterocycles. The van der Waals surface area contributed by atoms with E-state index in [1.165, 1.54) is 0 Å². The number of aromatic nitrogens is 1. The van der Waals surface area contributed by atoms with Crippen LogP contribution in [-0.2, 0) is 4.79 Å². The predicted molar refractivity (Wildman–Crippen MR) is 119 cm³/mol. The molecule has 0 fully saturated rings. The van der Waals surface area contributed by atoms with Gasteiger partial charge in [0.2, 0.25) is 5.91 Å². The molecule has 150 valence electrons. The zero-order chi connectivity index (χ0) is 21.1. The van der Waals surface area contributed by atoms with Gasteiger partial charge in [0, 0.05) is 21.3 Å². The van der Waals surface area contributed by atoms with Crippen molar-refractivity contribution in [2.75, 3.05) is 11.9 Å². The van der Waals surface area contributed by atoms with Gasteiger partial charge in [-0.1, -0.05) is 51.4 Å². The molecule has 1 heterocycles. The van der Waals surface area contributed by atoms with Crippen LogP contribution in [0, 0.1) is 6.92 Å². The van der Waals surface area contributed by atoms with E-state index in [9.17, 15) is 9.59 Å². The number of nitrogens with one attached hydrogen (secondary N) is 2. The van der Waals surface area contributed by atoms with Crippen LogP contribution in [0.1, 0.15) is 15.9 Å². The summed E-state index contributed by atoms with van der Waals surface area (Å²) in [5.74, 6) is -0.0479. The quantitative estimate of drug-likeness (QED) is 0.439. The number of fused-ring (bicyclic) bond motifs is 1. The molecule has 7 heteroatoms. The molecular weight excluding hydrogens is 446 g/mol. The summed E-state index contributed by atoms with van der Waals surface area (Å²) in [6.45, 7) is 1.76. The highest BCUT2D eigenvalue weighted by molar-refractivity contribution is 9.10. The van der Waals surface area contributed by atoms with E-state index in [0.29, 0.717) is 22.5 Å². The summed E-state index contributed by atoms with van der Waals surface area (Å²) in [6.07, 6.45) is 0. The summed E-state index contributed by atoms with van der Waals surface area (Å²) in [4.78, 5) is 24.8. The van der Waals surface area contributed by atoms with Crippen molar-refractivity contribution < 1.29 is 14.1 Å². The van der Waals surface area contributed by atoms with Gasteiger partial charge in [-0.15, -0.1) is 0 Å². The Morgan fingerprint density at radius 3 is 2.60 bits per heavy atom. The van der Waals surface area contributed by atoms with Crippen molar-refractivity contribution in [2.24, 2.45) is 0 Å². The molecule has 0 radical (unpaired) electrons. The average molecular weight is 464 g/mol. The number of nitrogens with zero attached hydrogens (tertiary/aromatic N) is 1. The third kappa shape index (κ3) is 4.26. The van der Waals surface area contributed by atoms with Gasteiger partial charge in [0.1, 0.15) is 5.52 Å². The van der Waals surface area contributed by atoms with Crippen LogP contribution in [0.15, 0.2) is 75.7 Å². The summed E-state index contributed by atoms with van der Waals surface area (Å²) in [6, 6.07) is 20.2. The SMILES string of the molecule is Cc1cc(Br)ccc1NC(=O)CNC(=O)c1ccc2noc(-c3ccccc3)c2c1. The van der Waals surface area contributed by atoms with Crippen molar-refractivity contribution in [3.05, 3.63) is 82.3 Å². The Kier molecular flexibility index (Phi) is 5.63. The van der Waals surface area contributed by atoms with E-state index in [-0.39, 0.29) is 18.4 Å². The van der Waals surface area contributed by atoms with Gasteiger partial charge >= 0.3 is 0 Å². The van der Waals surface area contributed by atoms with Crippen molar-refractivity contribution in [1.82, 2.24) is 10.5 Å². The summed E-state index contributed by atoms with van der Waals surface area (Å²) in [5, 5.41) is 10.3. The van der Waals surface area contributed by atoms with Gasteiger partial charge in [-0.25, -0.2) is 0 Å².